The molecule has 1 aromatic carbocycles. The Bertz CT molecular complexity index is 372. The van der Waals surface area contributed by atoms with Crippen molar-refractivity contribution in [3.8, 4) is 0 Å². The lowest BCUT2D eigenvalue weighted by Gasteiger charge is -2.32. The fraction of sp³-hybridized carbons (Fsp3) is 0.429. The lowest BCUT2D eigenvalue weighted by atomic mass is 9.70. The highest BCUT2D eigenvalue weighted by atomic mass is 16.1. The fourth-order valence-electron chi connectivity index (χ4n) is 2.55. The van der Waals surface area contributed by atoms with Crippen LogP contribution in [0, 0.1) is 0 Å². The van der Waals surface area contributed by atoms with E-state index >= 15 is 0 Å². The summed E-state index contributed by atoms with van der Waals surface area (Å²) < 4.78 is 0. The second kappa shape index (κ2) is 4.60. The van der Waals surface area contributed by atoms with E-state index < -0.39 is 0 Å². The predicted molar refractivity (Wildman–Crippen MR) is 62.7 cm³/mol. The molecule has 0 N–H and O–H groups in total. The van der Waals surface area contributed by atoms with Gasteiger partial charge in [-0.1, -0.05) is 43.5 Å². The van der Waals surface area contributed by atoms with Crippen LogP contribution in [-0.2, 0) is 10.2 Å². The van der Waals surface area contributed by atoms with Crippen molar-refractivity contribution >= 4 is 12.6 Å². The fourth-order valence-corrected chi connectivity index (χ4v) is 2.55. The van der Waals surface area contributed by atoms with E-state index in [4.69, 9.17) is 0 Å². The molecule has 0 amide bonds. The number of benzene rings is 1. The Hall–Kier alpha value is -1.44. The zero-order chi connectivity index (χ0) is 11.4. The van der Waals surface area contributed by atoms with Crippen molar-refractivity contribution in [2.45, 2.75) is 37.5 Å². The third-order valence-electron chi connectivity index (χ3n) is 3.59. The highest BCUT2D eigenvalue weighted by molar-refractivity contribution is 5.76. The van der Waals surface area contributed by atoms with Gasteiger partial charge in [0.05, 0.1) is 5.41 Å². The van der Waals surface area contributed by atoms with Gasteiger partial charge < -0.3 is 4.79 Å². The summed E-state index contributed by atoms with van der Waals surface area (Å²) in [6.07, 6.45) is 7.28. The molecule has 1 fully saturated rings. The van der Waals surface area contributed by atoms with Gasteiger partial charge in [-0.25, -0.2) is 0 Å². The van der Waals surface area contributed by atoms with Crippen LogP contribution >= 0.6 is 0 Å². The van der Waals surface area contributed by atoms with Gasteiger partial charge in [-0.3, -0.25) is 4.79 Å². The average molecular weight is 216 g/mol. The van der Waals surface area contributed by atoms with Gasteiger partial charge in [-0.05, 0) is 18.4 Å². The van der Waals surface area contributed by atoms with E-state index in [1.165, 1.54) is 6.42 Å². The number of carbonyl (C=O) groups excluding carboxylic acids is 2. The Balaban J connectivity index is 2.31. The minimum Gasteiger partial charge on any atom is -0.302 e. The van der Waals surface area contributed by atoms with Crippen molar-refractivity contribution < 1.29 is 9.59 Å². The Morgan fingerprint density at radius 1 is 0.938 bits per heavy atom. The van der Waals surface area contributed by atoms with Crippen LogP contribution in [0.4, 0.5) is 0 Å². The van der Waals surface area contributed by atoms with Crippen molar-refractivity contribution in [3.63, 3.8) is 0 Å². The minimum atomic E-state index is -0.292. The standard InChI is InChI=1S/C14H16O2/c15-10-12-4-6-13(7-5-12)14(11-16)8-2-1-3-9-14/h4-7,10-11H,1-3,8-9H2. The third kappa shape index (κ3) is 1.92. The Morgan fingerprint density at radius 3 is 2.06 bits per heavy atom. The van der Waals surface area contributed by atoms with E-state index in [9.17, 15) is 9.59 Å². The average Bonchev–Trinajstić information content (AvgIpc) is 2.39. The minimum absolute atomic E-state index is 0.292. The first-order chi connectivity index (χ1) is 7.80. The molecule has 2 nitrogen and oxygen atoms in total. The molecule has 0 heterocycles. The van der Waals surface area contributed by atoms with E-state index in [0.717, 1.165) is 43.8 Å². The van der Waals surface area contributed by atoms with Gasteiger partial charge in [-0.2, -0.15) is 0 Å². The number of aldehydes is 2. The first-order valence-electron chi connectivity index (χ1n) is 5.83. The molecule has 2 heteroatoms. The van der Waals surface area contributed by atoms with Gasteiger partial charge >= 0.3 is 0 Å². The van der Waals surface area contributed by atoms with Gasteiger partial charge in [0.15, 0.2) is 0 Å². The number of hydrogen-bond donors (Lipinski definition) is 0. The SMILES string of the molecule is O=Cc1ccc(C2(C=O)CCCCC2)cc1. The lowest BCUT2D eigenvalue weighted by Crippen LogP contribution is -2.30. The van der Waals surface area contributed by atoms with E-state index in [2.05, 4.69) is 0 Å². The van der Waals surface area contributed by atoms with Crippen LogP contribution in [-0.4, -0.2) is 12.6 Å². The summed E-state index contributed by atoms with van der Waals surface area (Å²) in [5.41, 5.74) is 1.44. The number of carbonyl (C=O) groups is 2. The topological polar surface area (TPSA) is 34.1 Å². The Kier molecular flexibility index (Phi) is 3.18. The Labute approximate surface area is 95.7 Å². The molecule has 1 aromatic rings. The quantitative estimate of drug-likeness (QED) is 0.728. The molecule has 0 aliphatic heterocycles. The van der Waals surface area contributed by atoms with Crippen molar-refractivity contribution in [1.82, 2.24) is 0 Å². The maximum absolute atomic E-state index is 11.4. The van der Waals surface area contributed by atoms with Gasteiger partial charge in [0, 0.05) is 5.56 Å². The monoisotopic (exact) mass is 216 g/mol. The molecule has 0 atom stereocenters. The summed E-state index contributed by atoms with van der Waals surface area (Å²) >= 11 is 0. The van der Waals surface area contributed by atoms with Crippen LogP contribution in [0.3, 0.4) is 0 Å². The largest absolute Gasteiger partial charge is 0.302 e. The molecule has 16 heavy (non-hydrogen) atoms. The third-order valence-corrected chi connectivity index (χ3v) is 3.59. The molecule has 0 unspecified atom stereocenters. The van der Waals surface area contributed by atoms with Crippen LogP contribution in [0.15, 0.2) is 24.3 Å². The maximum Gasteiger partial charge on any atom is 0.150 e. The maximum atomic E-state index is 11.4. The van der Waals surface area contributed by atoms with E-state index in [1.807, 2.05) is 12.1 Å². The molecule has 0 radical (unpaired) electrons. The summed E-state index contributed by atoms with van der Waals surface area (Å²) in [5, 5.41) is 0. The van der Waals surface area contributed by atoms with E-state index in [1.54, 1.807) is 12.1 Å². The van der Waals surface area contributed by atoms with Crippen LogP contribution in [0.2, 0.25) is 0 Å². The predicted octanol–water partition coefficient (Wildman–Crippen LogP) is 2.90. The molecule has 0 saturated heterocycles. The van der Waals surface area contributed by atoms with Gasteiger partial charge in [-0.15, -0.1) is 0 Å². The summed E-state index contributed by atoms with van der Waals surface area (Å²) in [7, 11) is 0. The molecule has 1 aliphatic carbocycles. The second-order valence-corrected chi connectivity index (χ2v) is 4.57. The Morgan fingerprint density at radius 2 is 1.56 bits per heavy atom. The molecular weight excluding hydrogens is 200 g/mol. The molecule has 1 aliphatic rings. The van der Waals surface area contributed by atoms with Crippen LogP contribution in [0.5, 0.6) is 0 Å². The lowest BCUT2D eigenvalue weighted by molar-refractivity contribution is -0.113. The molecule has 0 spiro atoms. The first kappa shape index (κ1) is 11.1. The summed E-state index contributed by atoms with van der Waals surface area (Å²) in [6, 6.07) is 7.43. The summed E-state index contributed by atoms with van der Waals surface area (Å²) in [4.78, 5) is 21.9. The van der Waals surface area contributed by atoms with Gasteiger partial charge in [0.25, 0.3) is 0 Å². The normalized spacial score (nSPS) is 19.0. The van der Waals surface area contributed by atoms with Crippen molar-refractivity contribution in [1.29, 1.82) is 0 Å². The van der Waals surface area contributed by atoms with E-state index in [0.29, 0.717) is 5.56 Å². The van der Waals surface area contributed by atoms with Crippen molar-refractivity contribution in [3.05, 3.63) is 35.4 Å². The van der Waals surface area contributed by atoms with Gasteiger partial charge in [0.2, 0.25) is 0 Å². The van der Waals surface area contributed by atoms with Crippen LogP contribution in [0.1, 0.15) is 48.0 Å². The molecule has 1 saturated carbocycles. The zero-order valence-electron chi connectivity index (χ0n) is 9.32. The first-order valence-corrected chi connectivity index (χ1v) is 5.83. The molecule has 2 rings (SSSR count). The highest BCUT2D eigenvalue weighted by Crippen LogP contribution is 2.37. The van der Waals surface area contributed by atoms with Crippen LogP contribution in [0.25, 0.3) is 0 Å². The zero-order valence-corrected chi connectivity index (χ0v) is 9.32. The highest BCUT2D eigenvalue weighted by Gasteiger charge is 2.33. The molecular formula is C14H16O2. The smallest absolute Gasteiger partial charge is 0.150 e. The summed E-state index contributed by atoms with van der Waals surface area (Å²) in [5.74, 6) is 0. The number of hydrogen-bond acceptors (Lipinski definition) is 2. The molecule has 0 bridgehead atoms. The van der Waals surface area contributed by atoms with Crippen LogP contribution < -0.4 is 0 Å². The van der Waals surface area contributed by atoms with E-state index in [-0.39, 0.29) is 5.41 Å². The molecule has 0 aromatic heterocycles. The second-order valence-electron chi connectivity index (χ2n) is 4.57. The van der Waals surface area contributed by atoms with Gasteiger partial charge in [0.1, 0.15) is 12.6 Å². The molecule has 84 valence electrons. The number of rotatable bonds is 3. The van der Waals surface area contributed by atoms with Crippen molar-refractivity contribution in [2.24, 2.45) is 0 Å². The van der Waals surface area contributed by atoms with Crippen molar-refractivity contribution in [2.75, 3.05) is 0 Å². The summed E-state index contributed by atoms with van der Waals surface area (Å²) in [6.45, 7) is 0.